The second kappa shape index (κ2) is 4.37. The lowest BCUT2D eigenvalue weighted by Gasteiger charge is -2.05. The molecule has 86 valence electrons. The van der Waals surface area contributed by atoms with Crippen molar-refractivity contribution in [3.63, 3.8) is 0 Å². The van der Waals surface area contributed by atoms with Crippen LogP contribution in [0, 0.1) is 16.0 Å². The van der Waals surface area contributed by atoms with Crippen molar-refractivity contribution in [3.05, 3.63) is 26.9 Å². The van der Waals surface area contributed by atoms with Gasteiger partial charge in [-0.15, -0.1) is 0 Å². The molecule has 1 aromatic rings. The first-order chi connectivity index (χ1) is 7.61. The standard InChI is InChI=1S/C10H12BrN3O2/c1-2-6-3-8(6)13-10-9(14(15)16)4-7(11)5-12-10/h4-6,8H,2-3H2,1H3,(H,12,13). The smallest absolute Gasteiger partial charge is 0.312 e. The van der Waals surface area contributed by atoms with E-state index in [9.17, 15) is 10.1 Å². The Balaban J connectivity index is 2.17. The number of rotatable bonds is 4. The molecule has 6 heteroatoms. The Kier molecular flexibility index (Phi) is 3.09. The van der Waals surface area contributed by atoms with Crippen molar-refractivity contribution >= 4 is 27.4 Å². The first kappa shape index (κ1) is 11.3. The summed E-state index contributed by atoms with van der Waals surface area (Å²) in [6.07, 6.45) is 3.74. The third kappa shape index (κ3) is 2.32. The number of aromatic nitrogens is 1. The highest BCUT2D eigenvalue weighted by molar-refractivity contribution is 9.10. The number of nitrogens with zero attached hydrogens (tertiary/aromatic N) is 2. The quantitative estimate of drug-likeness (QED) is 0.682. The molecule has 1 aromatic heterocycles. The van der Waals surface area contributed by atoms with Crippen molar-refractivity contribution < 1.29 is 4.92 Å². The van der Waals surface area contributed by atoms with Crippen LogP contribution in [0.5, 0.6) is 0 Å². The van der Waals surface area contributed by atoms with Crippen LogP contribution >= 0.6 is 15.9 Å². The van der Waals surface area contributed by atoms with Crippen LogP contribution < -0.4 is 5.32 Å². The highest BCUT2D eigenvalue weighted by atomic mass is 79.9. The molecule has 0 aromatic carbocycles. The molecular formula is C10H12BrN3O2. The average Bonchev–Trinajstić information content (AvgIpc) is 2.99. The van der Waals surface area contributed by atoms with Gasteiger partial charge >= 0.3 is 5.69 Å². The molecule has 2 atom stereocenters. The Morgan fingerprint density at radius 3 is 3.06 bits per heavy atom. The topological polar surface area (TPSA) is 68.1 Å². The molecule has 0 spiro atoms. The summed E-state index contributed by atoms with van der Waals surface area (Å²) in [5, 5.41) is 14.0. The third-order valence-corrected chi connectivity index (χ3v) is 3.23. The van der Waals surface area contributed by atoms with Crippen LogP contribution in [0.25, 0.3) is 0 Å². The molecule has 5 nitrogen and oxygen atoms in total. The molecule has 1 heterocycles. The molecule has 0 aliphatic heterocycles. The fourth-order valence-corrected chi connectivity index (χ4v) is 2.05. The monoisotopic (exact) mass is 285 g/mol. The van der Waals surface area contributed by atoms with E-state index < -0.39 is 4.92 Å². The number of anilines is 1. The van der Waals surface area contributed by atoms with E-state index in [1.54, 1.807) is 6.20 Å². The Morgan fingerprint density at radius 2 is 2.50 bits per heavy atom. The van der Waals surface area contributed by atoms with Gasteiger partial charge in [-0.3, -0.25) is 10.1 Å². The van der Waals surface area contributed by atoms with Crippen molar-refractivity contribution in [2.24, 2.45) is 5.92 Å². The van der Waals surface area contributed by atoms with E-state index in [0.29, 0.717) is 22.3 Å². The van der Waals surface area contributed by atoms with E-state index >= 15 is 0 Å². The van der Waals surface area contributed by atoms with Gasteiger partial charge in [0.05, 0.1) is 4.92 Å². The van der Waals surface area contributed by atoms with Crippen molar-refractivity contribution in [1.82, 2.24) is 4.98 Å². The summed E-state index contributed by atoms with van der Waals surface area (Å²) in [7, 11) is 0. The highest BCUT2D eigenvalue weighted by Crippen LogP contribution is 2.37. The average molecular weight is 286 g/mol. The second-order valence-corrected chi connectivity index (χ2v) is 4.85. The lowest BCUT2D eigenvalue weighted by molar-refractivity contribution is -0.384. The maximum atomic E-state index is 10.8. The number of halogens is 1. The molecule has 0 saturated heterocycles. The Hall–Kier alpha value is -1.17. The van der Waals surface area contributed by atoms with Gasteiger partial charge in [0.1, 0.15) is 0 Å². The van der Waals surface area contributed by atoms with E-state index in [0.717, 1.165) is 12.8 Å². The second-order valence-electron chi connectivity index (χ2n) is 3.93. The van der Waals surface area contributed by atoms with Crippen LogP contribution in [-0.4, -0.2) is 15.9 Å². The van der Waals surface area contributed by atoms with Crippen LogP contribution in [0.1, 0.15) is 19.8 Å². The molecule has 2 unspecified atom stereocenters. The molecule has 2 rings (SSSR count). The molecule has 1 aliphatic carbocycles. The minimum atomic E-state index is -0.413. The molecule has 0 amide bonds. The van der Waals surface area contributed by atoms with E-state index in [1.807, 2.05) is 0 Å². The Labute approximate surface area is 102 Å². The summed E-state index contributed by atoms with van der Waals surface area (Å²) >= 11 is 3.18. The van der Waals surface area contributed by atoms with Crippen LogP contribution in [0.2, 0.25) is 0 Å². The van der Waals surface area contributed by atoms with Gasteiger partial charge in [0, 0.05) is 22.8 Å². The van der Waals surface area contributed by atoms with Gasteiger partial charge in [0.15, 0.2) is 0 Å². The van der Waals surface area contributed by atoms with Gasteiger partial charge in [-0.05, 0) is 28.3 Å². The molecule has 0 radical (unpaired) electrons. The van der Waals surface area contributed by atoms with Gasteiger partial charge in [0.2, 0.25) is 5.82 Å². The lowest BCUT2D eigenvalue weighted by Crippen LogP contribution is -2.08. The van der Waals surface area contributed by atoms with Gasteiger partial charge < -0.3 is 5.32 Å². The largest absolute Gasteiger partial charge is 0.361 e. The predicted octanol–water partition coefficient (Wildman–Crippen LogP) is 2.96. The van der Waals surface area contributed by atoms with Gasteiger partial charge in [-0.2, -0.15) is 0 Å². The number of hydrogen-bond donors (Lipinski definition) is 1. The molecular weight excluding hydrogens is 274 g/mol. The lowest BCUT2D eigenvalue weighted by atomic mass is 10.3. The van der Waals surface area contributed by atoms with Crippen LogP contribution in [-0.2, 0) is 0 Å². The number of hydrogen-bond acceptors (Lipinski definition) is 4. The van der Waals surface area contributed by atoms with Crippen LogP contribution in [0.4, 0.5) is 11.5 Å². The molecule has 1 saturated carbocycles. The number of pyridine rings is 1. The van der Waals surface area contributed by atoms with E-state index in [1.165, 1.54) is 6.07 Å². The van der Waals surface area contributed by atoms with Crippen LogP contribution in [0.15, 0.2) is 16.7 Å². The summed E-state index contributed by atoms with van der Waals surface area (Å²) in [5.74, 6) is 0.999. The molecule has 0 bridgehead atoms. The van der Waals surface area contributed by atoms with Gasteiger partial charge in [-0.1, -0.05) is 13.3 Å². The van der Waals surface area contributed by atoms with Crippen molar-refractivity contribution in [1.29, 1.82) is 0 Å². The highest BCUT2D eigenvalue weighted by Gasteiger charge is 2.36. The first-order valence-corrected chi connectivity index (χ1v) is 5.97. The summed E-state index contributed by atoms with van der Waals surface area (Å²) < 4.78 is 0.618. The minimum Gasteiger partial charge on any atom is -0.361 e. The third-order valence-electron chi connectivity index (χ3n) is 2.80. The fraction of sp³-hybridized carbons (Fsp3) is 0.500. The maximum absolute atomic E-state index is 10.8. The van der Waals surface area contributed by atoms with Crippen molar-refractivity contribution in [2.75, 3.05) is 5.32 Å². The summed E-state index contributed by atoms with van der Waals surface area (Å²) in [6, 6.07) is 1.82. The molecule has 1 aliphatic rings. The normalized spacial score (nSPS) is 22.9. The predicted molar refractivity (Wildman–Crippen MR) is 64.4 cm³/mol. The first-order valence-electron chi connectivity index (χ1n) is 5.18. The Morgan fingerprint density at radius 1 is 1.75 bits per heavy atom. The van der Waals surface area contributed by atoms with Gasteiger partial charge in [0.25, 0.3) is 0 Å². The minimum absolute atomic E-state index is 0.0242. The van der Waals surface area contributed by atoms with Gasteiger partial charge in [-0.25, -0.2) is 4.98 Å². The molecule has 16 heavy (non-hydrogen) atoms. The number of nitrogens with one attached hydrogen (secondary N) is 1. The van der Waals surface area contributed by atoms with E-state index in [2.05, 4.69) is 33.2 Å². The number of nitro groups is 1. The summed E-state index contributed by atoms with van der Waals surface area (Å²) in [5.41, 5.74) is 0.0242. The fourth-order valence-electron chi connectivity index (χ4n) is 1.73. The molecule has 1 fully saturated rings. The maximum Gasteiger partial charge on any atom is 0.312 e. The Bertz CT molecular complexity index is 425. The zero-order valence-electron chi connectivity index (χ0n) is 8.81. The summed E-state index contributed by atoms with van der Waals surface area (Å²) in [4.78, 5) is 14.5. The van der Waals surface area contributed by atoms with Crippen molar-refractivity contribution in [3.8, 4) is 0 Å². The summed E-state index contributed by atoms with van der Waals surface area (Å²) in [6.45, 7) is 2.12. The van der Waals surface area contributed by atoms with E-state index in [4.69, 9.17) is 0 Å². The van der Waals surface area contributed by atoms with Crippen LogP contribution in [0.3, 0.4) is 0 Å². The van der Waals surface area contributed by atoms with E-state index in [-0.39, 0.29) is 5.69 Å². The zero-order chi connectivity index (χ0) is 11.7. The molecule has 1 N–H and O–H groups in total. The van der Waals surface area contributed by atoms with Crippen molar-refractivity contribution in [2.45, 2.75) is 25.8 Å². The SMILES string of the molecule is CCC1CC1Nc1ncc(Br)cc1[N+](=O)[O-]. The zero-order valence-corrected chi connectivity index (χ0v) is 10.4.